The lowest BCUT2D eigenvalue weighted by atomic mass is 10.4. The Balaban J connectivity index is 3.83. The smallest absolute Gasteiger partial charge is 0.292 e. The molecule has 0 aliphatic heterocycles. The summed E-state index contributed by atoms with van der Waals surface area (Å²) < 4.78 is 5.21. The molecular weight excluding hydrogens is 156 g/mol. The fraction of sp³-hybridized carbons (Fsp3) is 0.625. The molecule has 0 aromatic heterocycles. The first kappa shape index (κ1) is 10.4. The van der Waals surface area contributed by atoms with Crippen LogP contribution in [-0.2, 0) is 9.22 Å². The van der Waals surface area contributed by atoms with Crippen LogP contribution in [0.4, 0.5) is 0 Å². The molecule has 0 spiro atoms. The summed E-state index contributed by atoms with van der Waals surface area (Å²) in [4.78, 5) is 11.0. The number of hydrogen-bond acceptors (Lipinski definition) is 2. The third-order valence-electron chi connectivity index (χ3n) is 1.32. The molecule has 0 saturated heterocycles. The van der Waals surface area contributed by atoms with Crippen molar-refractivity contribution >= 4 is 14.3 Å². The summed E-state index contributed by atoms with van der Waals surface area (Å²) in [6.07, 6.45) is 1.37. The van der Waals surface area contributed by atoms with Crippen LogP contribution in [0.5, 0.6) is 0 Å². The van der Waals surface area contributed by atoms with Crippen molar-refractivity contribution in [2.45, 2.75) is 32.9 Å². The van der Waals surface area contributed by atoms with Crippen molar-refractivity contribution < 1.29 is 9.22 Å². The molecule has 0 radical (unpaired) electrons. The van der Waals surface area contributed by atoms with Crippen molar-refractivity contribution in [1.82, 2.24) is 0 Å². The van der Waals surface area contributed by atoms with E-state index in [9.17, 15) is 4.79 Å². The average molecular weight is 172 g/mol. The lowest BCUT2D eigenvalue weighted by molar-refractivity contribution is -0.135. The number of carbonyl (C=O) groups is 1. The van der Waals surface area contributed by atoms with E-state index >= 15 is 0 Å². The molecule has 2 nitrogen and oxygen atoms in total. The van der Waals surface area contributed by atoms with Gasteiger partial charge in [0.05, 0.1) is 0 Å². The second-order valence-corrected chi connectivity index (χ2v) is 6.85. The van der Waals surface area contributed by atoms with Crippen molar-refractivity contribution in [3.63, 3.8) is 0 Å². The maximum absolute atomic E-state index is 11.0. The van der Waals surface area contributed by atoms with Crippen LogP contribution in [0.2, 0.25) is 13.1 Å². The zero-order chi connectivity index (χ0) is 8.91. The van der Waals surface area contributed by atoms with Crippen molar-refractivity contribution in [3.05, 3.63) is 12.3 Å². The summed E-state index contributed by atoms with van der Waals surface area (Å²) >= 11 is 0. The minimum atomic E-state index is -1.86. The molecule has 0 atom stereocenters. The van der Waals surface area contributed by atoms with Crippen LogP contribution in [0.15, 0.2) is 12.3 Å². The molecule has 0 aliphatic rings. The largest absolute Gasteiger partial charge is 0.516 e. The number of hydrogen-bond donors (Lipinski definition) is 0. The van der Waals surface area contributed by atoms with Gasteiger partial charge in [-0.1, -0.05) is 12.6 Å². The van der Waals surface area contributed by atoms with E-state index in [0.29, 0.717) is 6.42 Å². The first-order valence-electron chi connectivity index (χ1n) is 3.87. The first-order chi connectivity index (χ1) is 5.02. The summed E-state index contributed by atoms with van der Waals surface area (Å²) in [6, 6.07) is 0. The zero-order valence-electron chi connectivity index (χ0n) is 7.52. The Morgan fingerprint density at radius 3 is 2.55 bits per heavy atom. The maximum Gasteiger partial charge on any atom is 0.292 e. The topological polar surface area (TPSA) is 26.3 Å². The monoisotopic (exact) mass is 172 g/mol. The minimum Gasteiger partial charge on any atom is -0.516 e. The summed E-state index contributed by atoms with van der Waals surface area (Å²) in [5.41, 5.74) is 1.76. The second kappa shape index (κ2) is 4.33. The van der Waals surface area contributed by atoms with Gasteiger partial charge in [-0.2, -0.15) is 0 Å². The minimum absolute atomic E-state index is 0.0935. The third kappa shape index (κ3) is 4.78. The predicted molar refractivity (Wildman–Crippen MR) is 48.7 cm³/mol. The summed E-state index contributed by atoms with van der Waals surface area (Å²) in [7, 11) is -1.86. The number of rotatable bonds is 4. The Morgan fingerprint density at radius 2 is 2.18 bits per heavy atom. The van der Waals surface area contributed by atoms with Gasteiger partial charge in [-0.15, -0.1) is 6.58 Å². The molecule has 0 unspecified atom stereocenters. The van der Waals surface area contributed by atoms with E-state index < -0.39 is 8.32 Å². The van der Waals surface area contributed by atoms with Gasteiger partial charge in [0.2, 0.25) is 0 Å². The van der Waals surface area contributed by atoms with Gasteiger partial charge in [0.25, 0.3) is 14.3 Å². The van der Waals surface area contributed by atoms with Crippen molar-refractivity contribution in [1.29, 1.82) is 0 Å². The molecule has 0 saturated carbocycles. The third-order valence-corrected chi connectivity index (χ3v) is 3.06. The molecule has 0 aromatic carbocycles. The Labute approximate surface area is 69.4 Å². The van der Waals surface area contributed by atoms with Crippen LogP contribution in [0.1, 0.15) is 19.8 Å². The Morgan fingerprint density at radius 1 is 1.64 bits per heavy atom. The van der Waals surface area contributed by atoms with Crippen molar-refractivity contribution in [2.75, 3.05) is 0 Å². The second-order valence-electron chi connectivity index (χ2n) is 3.03. The predicted octanol–water partition coefficient (Wildman–Crippen LogP) is 2.26. The van der Waals surface area contributed by atoms with E-state index in [1.165, 1.54) is 0 Å². The fourth-order valence-corrected chi connectivity index (χ4v) is 1.36. The van der Waals surface area contributed by atoms with E-state index in [1.54, 1.807) is 5.70 Å². The molecule has 0 N–H and O–H groups in total. The fourth-order valence-electron chi connectivity index (χ4n) is 0.590. The van der Waals surface area contributed by atoms with Crippen LogP contribution in [0, 0.1) is 0 Å². The molecule has 0 bridgehead atoms. The Bertz CT molecular complexity index is 152. The van der Waals surface area contributed by atoms with Crippen LogP contribution < -0.4 is 0 Å². The van der Waals surface area contributed by atoms with Gasteiger partial charge in [-0.25, -0.2) is 0 Å². The lowest BCUT2D eigenvalue weighted by Crippen LogP contribution is -2.30. The van der Waals surface area contributed by atoms with Gasteiger partial charge in [0.1, 0.15) is 0 Å². The van der Waals surface area contributed by atoms with Gasteiger partial charge in [0, 0.05) is 6.42 Å². The Kier molecular flexibility index (Phi) is 4.11. The summed E-state index contributed by atoms with van der Waals surface area (Å²) in [5.74, 6) is -0.0935. The maximum atomic E-state index is 11.0. The molecule has 0 amide bonds. The molecule has 0 aromatic rings. The highest BCUT2D eigenvalue weighted by molar-refractivity contribution is 6.77. The van der Waals surface area contributed by atoms with E-state index in [2.05, 4.69) is 6.58 Å². The van der Waals surface area contributed by atoms with Gasteiger partial charge in [0.15, 0.2) is 0 Å². The van der Waals surface area contributed by atoms with E-state index in [4.69, 9.17) is 4.43 Å². The van der Waals surface area contributed by atoms with Crippen LogP contribution >= 0.6 is 0 Å². The van der Waals surface area contributed by atoms with Gasteiger partial charge < -0.3 is 4.43 Å². The van der Waals surface area contributed by atoms with Crippen molar-refractivity contribution in [3.8, 4) is 0 Å². The van der Waals surface area contributed by atoms with Crippen LogP contribution in [0.25, 0.3) is 0 Å². The van der Waals surface area contributed by atoms with Crippen LogP contribution in [-0.4, -0.2) is 14.3 Å². The standard InChI is InChI=1S/C8H16O2Si/c1-5-7-8(9)10-11(3,4)6-2/h6H,2,5,7H2,1,3-4H3. The highest BCUT2D eigenvalue weighted by Gasteiger charge is 2.21. The van der Waals surface area contributed by atoms with Gasteiger partial charge in [-0.05, 0) is 19.5 Å². The zero-order valence-corrected chi connectivity index (χ0v) is 8.52. The van der Waals surface area contributed by atoms with E-state index in [1.807, 2.05) is 20.0 Å². The number of carbonyl (C=O) groups excluding carboxylic acids is 1. The summed E-state index contributed by atoms with van der Waals surface area (Å²) in [5, 5.41) is 0. The normalized spacial score (nSPS) is 10.8. The molecule has 0 aliphatic carbocycles. The first-order valence-corrected chi connectivity index (χ1v) is 6.86. The molecule has 0 rings (SSSR count). The Hall–Kier alpha value is -0.573. The average Bonchev–Trinajstić information content (AvgIpc) is 1.87. The quantitative estimate of drug-likeness (QED) is 0.608. The van der Waals surface area contributed by atoms with Gasteiger partial charge in [-0.3, -0.25) is 4.79 Å². The molecule has 3 heteroatoms. The van der Waals surface area contributed by atoms with Gasteiger partial charge >= 0.3 is 0 Å². The lowest BCUT2D eigenvalue weighted by Gasteiger charge is -2.17. The van der Waals surface area contributed by atoms with E-state index in [0.717, 1.165) is 6.42 Å². The molecule has 11 heavy (non-hydrogen) atoms. The summed E-state index contributed by atoms with van der Waals surface area (Å²) in [6.45, 7) is 9.50. The molecule has 0 heterocycles. The molecule has 0 fully saturated rings. The van der Waals surface area contributed by atoms with E-state index in [-0.39, 0.29) is 5.97 Å². The SMILES string of the molecule is C=C[Si](C)(C)OC(=O)CCC. The highest BCUT2D eigenvalue weighted by atomic mass is 28.4. The highest BCUT2D eigenvalue weighted by Crippen LogP contribution is 2.06. The molecular formula is C8H16O2Si. The van der Waals surface area contributed by atoms with Crippen molar-refractivity contribution in [2.24, 2.45) is 0 Å². The molecule has 64 valence electrons. The van der Waals surface area contributed by atoms with Crippen LogP contribution in [0.3, 0.4) is 0 Å².